The summed E-state index contributed by atoms with van der Waals surface area (Å²) in [5.41, 5.74) is 1.10. The highest BCUT2D eigenvalue weighted by atomic mass is 79.9. The van der Waals surface area contributed by atoms with Crippen LogP contribution in [0.1, 0.15) is 12.0 Å². The van der Waals surface area contributed by atoms with Crippen molar-refractivity contribution in [3.05, 3.63) is 64.4 Å². The van der Waals surface area contributed by atoms with Gasteiger partial charge in [0.15, 0.2) is 0 Å². The number of alkyl halides is 1. The SMILES string of the molecule is Fc1ccc(CC(CCl)CCOc2ccc(Br)cc2)cc1. The second kappa shape index (κ2) is 8.40. The van der Waals surface area contributed by atoms with Crippen LogP contribution in [0.2, 0.25) is 0 Å². The third kappa shape index (κ3) is 5.68. The van der Waals surface area contributed by atoms with Gasteiger partial charge in [0.25, 0.3) is 0 Å². The lowest BCUT2D eigenvalue weighted by molar-refractivity contribution is 0.284. The Morgan fingerprint density at radius 2 is 1.71 bits per heavy atom. The van der Waals surface area contributed by atoms with Gasteiger partial charge in [0, 0.05) is 10.4 Å². The summed E-state index contributed by atoms with van der Waals surface area (Å²) in [6.45, 7) is 0.625. The van der Waals surface area contributed by atoms with Crippen LogP contribution in [0.3, 0.4) is 0 Å². The van der Waals surface area contributed by atoms with E-state index in [-0.39, 0.29) is 5.82 Å². The average Bonchev–Trinajstić information content (AvgIpc) is 2.50. The fraction of sp³-hybridized carbons (Fsp3) is 0.294. The summed E-state index contributed by atoms with van der Waals surface area (Å²) in [4.78, 5) is 0. The Bertz CT molecular complexity index is 542. The fourth-order valence-corrected chi connectivity index (χ4v) is 2.59. The molecule has 1 unspecified atom stereocenters. The van der Waals surface area contributed by atoms with Crippen LogP contribution >= 0.6 is 27.5 Å². The molecule has 0 heterocycles. The first-order valence-corrected chi connectivity index (χ1v) is 8.19. The first kappa shape index (κ1) is 16.3. The maximum atomic E-state index is 12.9. The molecule has 2 rings (SSSR count). The summed E-state index contributed by atoms with van der Waals surface area (Å²) in [5.74, 6) is 1.54. The van der Waals surface area contributed by atoms with Crippen LogP contribution in [0, 0.1) is 11.7 Å². The van der Waals surface area contributed by atoms with Crippen molar-refractivity contribution < 1.29 is 9.13 Å². The predicted octanol–water partition coefficient (Wildman–Crippen LogP) is 5.45. The second-order valence-electron chi connectivity index (χ2n) is 4.94. The van der Waals surface area contributed by atoms with Gasteiger partial charge in [-0.25, -0.2) is 4.39 Å². The van der Waals surface area contributed by atoms with E-state index >= 15 is 0 Å². The highest BCUT2D eigenvalue weighted by Crippen LogP contribution is 2.18. The molecule has 0 fully saturated rings. The molecule has 112 valence electrons. The van der Waals surface area contributed by atoms with Gasteiger partial charge in [0.1, 0.15) is 11.6 Å². The second-order valence-corrected chi connectivity index (χ2v) is 6.17. The van der Waals surface area contributed by atoms with Crippen LogP contribution in [0.25, 0.3) is 0 Å². The van der Waals surface area contributed by atoms with E-state index in [0.717, 1.165) is 28.6 Å². The normalized spacial score (nSPS) is 12.1. The number of rotatable bonds is 7. The molecule has 0 saturated carbocycles. The van der Waals surface area contributed by atoms with Gasteiger partial charge in [0.05, 0.1) is 6.61 Å². The van der Waals surface area contributed by atoms with E-state index in [0.29, 0.717) is 18.4 Å². The van der Waals surface area contributed by atoms with E-state index in [1.54, 1.807) is 0 Å². The van der Waals surface area contributed by atoms with E-state index < -0.39 is 0 Å². The van der Waals surface area contributed by atoms with Crippen molar-refractivity contribution in [3.63, 3.8) is 0 Å². The molecule has 0 bridgehead atoms. The molecule has 2 aromatic carbocycles. The van der Waals surface area contributed by atoms with Crippen molar-refractivity contribution in [1.29, 1.82) is 0 Å². The van der Waals surface area contributed by atoms with E-state index in [1.165, 1.54) is 12.1 Å². The van der Waals surface area contributed by atoms with Gasteiger partial charge < -0.3 is 4.74 Å². The predicted molar refractivity (Wildman–Crippen MR) is 88.6 cm³/mol. The Labute approximate surface area is 138 Å². The van der Waals surface area contributed by atoms with Gasteiger partial charge in [0.2, 0.25) is 0 Å². The minimum atomic E-state index is -0.209. The highest BCUT2D eigenvalue weighted by Gasteiger charge is 2.09. The molecule has 21 heavy (non-hydrogen) atoms. The van der Waals surface area contributed by atoms with Gasteiger partial charge in [-0.1, -0.05) is 28.1 Å². The Balaban J connectivity index is 1.79. The highest BCUT2D eigenvalue weighted by molar-refractivity contribution is 9.10. The molecule has 0 aliphatic rings. The van der Waals surface area contributed by atoms with Crippen LogP contribution < -0.4 is 4.74 Å². The molecular weight excluding hydrogens is 355 g/mol. The standard InChI is InChI=1S/C17H17BrClFO/c18-15-3-7-17(8-4-15)21-10-9-14(12-19)11-13-1-5-16(20)6-2-13/h1-8,14H,9-12H2. The zero-order valence-electron chi connectivity index (χ0n) is 11.6. The minimum Gasteiger partial charge on any atom is -0.494 e. The number of hydrogen-bond acceptors (Lipinski definition) is 1. The maximum absolute atomic E-state index is 12.9. The van der Waals surface area contributed by atoms with Crippen LogP contribution in [0.15, 0.2) is 53.0 Å². The smallest absolute Gasteiger partial charge is 0.123 e. The van der Waals surface area contributed by atoms with Gasteiger partial charge >= 0.3 is 0 Å². The first-order chi connectivity index (χ1) is 10.2. The molecule has 0 N–H and O–H groups in total. The third-order valence-electron chi connectivity index (χ3n) is 3.26. The zero-order chi connectivity index (χ0) is 15.1. The molecule has 0 saturated heterocycles. The Morgan fingerprint density at radius 3 is 2.33 bits per heavy atom. The largest absolute Gasteiger partial charge is 0.494 e. The van der Waals surface area contributed by atoms with Crippen molar-refractivity contribution in [2.24, 2.45) is 5.92 Å². The van der Waals surface area contributed by atoms with E-state index in [4.69, 9.17) is 16.3 Å². The lowest BCUT2D eigenvalue weighted by atomic mass is 9.98. The number of halogens is 3. The first-order valence-electron chi connectivity index (χ1n) is 6.86. The topological polar surface area (TPSA) is 9.23 Å². The lowest BCUT2D eigenvalue weighted by Crippen LogP contribution is -2.11. The van der Waals surface area contributed by atoms with E-state index in [2.05, 4.69) is 15.9 Å². The number of benzene rings is 2. The summed E-state index contributed by atoms with van der Waals surface area (Å²) >= 11 is 9.41. The quantitative estimate of drug-likeness (QED) is 0.588. The van der Waals surface area contributed by atoms with Crippen molar-refractivity contribution in [2.45, 2.75) is 12.8 Å². The molecule has 2 aromatic rings. The van der Waals surface area contributed by atoms with Crippen molar-refractivity contribution in [1.82, 2.24) is 0 Å². The molecule has 1 atom stereocenters. The average molecular weight is 372 g/mol. The molecular formula is C17H17BrClFO. The molecule has 1 nitrogen and oxygen atoms in total. The summed E-state index contributed by atoms with van der Waals surface area (Å²) < 4.78 is 19.6. The third-order valence-corrected chi connectivity index (χ3v) is 4.23. The molecule has 0 amide bonds. The molecule has 0 radical (unpaired) electrons. The zero-order valence-corrected chi connectivity index (χ0v) is 13.9. The van der Waals surface area contributed by atoms with Crippen LogP contribution in [0.5, 0.6) is 5.75 Å². The van der Waals surface area contributed by atoms with Gasteiger partial charge in [-0.15, -0.1) is 11.6 Å². The Morgan fingerprint density at radius 1 is 1.05 bits per heavy atom. The maximum Gasteiger partial charge on any atom is 0.123 e. The van der Waals surface area contributed by atoms with Crippen LogP contribution in [-0.4, -0.2) is 12.5 Å². The van der Waals surface area contributed by atoms with Crippen molar-refractivity contribution in [2.75, 3.05) is 12.5 Å². The summed E-state index contributed by atoms with van der Waals surface area (Å²) in [7, 11) is 0. The van der Waals surface area contributed by atoms with Gasteiger partial charge in [-0.3, -0.25) is 0 Å². The molecule has 0 spiro atoms. The monoisotopic (exact) mass is 370 g/mol. The van der Waals surface area contributed by atoms with E-state index in [1.807, 2.05) is 36.4 Å². The summed E-state index contributed by atoms with van der Waals surface area (Å²) in [6, 6.07) is 14.4. The minimum absolute atomic E-state index is 0.209. The van der Waals surface area contributed by atoms with Crippen molar-refractivity contribution >= 4 is 27.5 Å². The van der Waals surface area contributed by atoms with E-state index in [9.17, 15) is 4.39 Å². The molecule has 4 heteroatoms. The number of ether oxygens (including phenoxy) is 1. The Hall–Kier alpha value is -1.06. The Kier molecular flexibility index (Phi) is 6.52. The summed E-state index contributed by atoms with van der Waals surface area (Å²) in [6.07, 6.45) is 1.71. The lowest BCUT2D eigenvalue weighted by Gasteiger charge is -2.14. The van der Waals surface area contributed by atoms with Crippen LogP contribution in [-0.2, 0) is 6.42 Å². The van der Waals surface area contributed by atoms with Gasteiger partial charge in [-0.2, -0.15) is 0 Å². The van der Waals surface area contributed by atoms with Crippen molar-refractivity contribution in [3.8, 4) is 5.75 Å². The molecule has 0 aliphatic carbocycles. The molecule has 0 aromatic heterocycles. The molecule has 0 aliphatic heterocycles. The fourth-order valence-electron chi connectivity index (χ4n) is 2.06. The van der Waals surface area contributed by atoms with Crippen LogP contribution in [0.4, 0.5) is 4.39 Å². The summed E-state index contributed by atoms with van der Waals surface area (Å²) in [5, 5.41) is 0. The van der Waals surface area contributed by atoms with Gasteiger partial charge in [-0.05, 0) is 60.7 Å². The number of hydrogen-bond donors (Lipinski definition) is 0.